The van der Waals surface area contributed by atoms with Crippen LogP contribution in [0.5, 0.6) is 5.75 Å². The van der Waals surface area contributed by atoms with E-state index in [0.717, 1.165) is 0 Å². The SMILES string of the molecule is CC(Cl)N(N(C(=O)Oc1ccc(Cl)cc1)S(C)(=O)=O)S(C)(=O)=O. The summed E-state index contributed by atoms with van der Waals surface area (Å²) in [6.45, 7) is 1.19. The van der Waals surface area contributed by atoms with Crippen LogP contribution in [0.25, 0.3) is 0 Å². The number of carbonyl (C=O) groups excluding carboxylic acids is 1. The van der Waals surface area contributed by atoms with Crippen molar-refractivity contribution in [3.05, 3.63) is 29.3 Å². The predicted octanol–water partition coefficient (Wildman–Crippen LogP) is 1.86. The van der Waals surface area contributed by atoms with Crippen LogP contribution in [0.15, 0.2) is 24.3 Å². The van der Waals surface area contributed by atoms with E-state index in [1.54, 1.807) is 0 Å². The van der Waals surface area contributed by atoms with Crippen LogP contribution in [0.1, 0.15) is 6.92 Å². The Hall–Kier alpha value is -1.07. The molecule has 0 radical (unpaired) electrons. The monoisotopic (exact) mass is 404 g/mol. The van der Waals surface area contributed by atoms with Crippen LogP contribution in [-0.2, 0) is 20.0 Å². The molecule has 1 aromatic carbocycles. The lowest BCUT2D eigenvalue weighted by atomic mass is 10.3. The molecular formula is C11H14Cl2N2O6S2. The van der Waals surface area contributed by atoms with E-state index in [1.807, 2.05) is 0 Å². The standard InChI is InChI=1S/C11H14Cl2N2O6S2/c1-8(12)14(22(2,17)18)15(23(3,19)20)11(16)21-10-6-4-9(13)5-7-10/h4-8H,1-3H3. The van der Waals surface area contributed by atoms with Gasteiger partial charge in [-0.05, 0) is 31.2 Å². The van der Waals surface area contributed by atoms with Gasteiger partial charge in [-0.2, -0.15) is 0 Å². The molecule has 0 bridgehead atoms. The Labute approximate surface area is 144 Å². The van der Waals surface area contributed by atoms with Crippen molar-refractivity contribution in [1.29, 1.82) is 0 Å². The third-order valence-corrected chi connectivity index (χ3v) is 5.08. The van der Waals surface area contributed by atoms with E-state index in [1.165, 1.54) is 31.2 Å². The Morgan fingerprint density at radius 1 is 1.09 bits per heavy atom. The molecule has 0 saturated carbocycles. The first kappa shape index (κ1) is 20.0. The van der Waals surface area contributed by atoms with E-state index in [9.17, 15) is 21.6 Å². The molecule has 0 fully saturated rings. The fraction of sp³-hybridized carbons (Fsp3) is 0.364. The topological polar surface area (TPSA) is 101 Å². The summed E-state index contributed by atoms with van der Waals surface area (Å²) in [4.78, 5) is 12.2. The molecule has 0 N–H and O–H groups in total. The number of benzene rings is 1. The number of hydrogen-bond donors (Lipinski definition) is 0. The number of amides is 1. The van der Waals surface area contributed by atoms with Crippen molar-refractivity contribution in [3.63, 3.8) is 0 Å². The maximum absolute atomic E-state index is 12.2. The van der Waals surface area contributed by atoms with Crippen molar-refractivity contribution in [2.45, 2.75) is 12.4 Å². The minimum absolute atomic E-state index is 0.0243. The highest BCUT2D eigenvalue weighted by atomic mass is 35.5. The molecule has 130 valence electrons. The first-order valence-electron chi connectivity index (χ1n) is 5.95. The molecule has 1 atom stereocenters. The number of hydrogen-bond acceptors (Lipinski definition) is 6. The quantitative estimate of drug-likeness (QED) is 0.421. The average molecular weight is 405 g/mol. The summed E-state index contributed by atoms with van der Waals surface area (Å²) in [5.74, 6) is -0.0243. The van der Waals surface area contributed by atoms with Crippen LogP contribution in [0.4, 0.5) is 4.79 Å². The second-order valence-electron chi connectivity index (χ2n) is 4.44. The number of sulfonamides is 2. The molecule has 0 aromatic heterocycles. The Balaban J connectivity index is 3.26. The van der Waals surface area contributed by atoms with Gasteiger partial charge in [-0.15, -0.1) is 16.0 Å². The van der Waals surface area contributed by atoms with Gasteiger partial charge in [0.1, 0.15) is 11.3 Å². The molecule has 1 aromatic rings. The van der Waals surface area contributed by atoms with E-state index in [0.29, 0.717) is 17.5 Å². The number of hydrazine groups is 1. The highest BCUT2D eigenvalue weighted by Gasteiger charge is 2.40. The Kier molecular flexibility index (Phi) is 6.27. The van der Waals surface area contributed by atoms with Gasteiger partial charge >= 0.3 is 6.09 Å². The van der Waals surface area contributed by atoms with Crippen LogP contribution in [0.3, 0.4) is 0 Å². The zero-order valence-corrected chi connectivity index (χ0v) is 15.4. The Morgan fingerprint density at radius 2 is 1.57 bits per heavy atom. The molecule has 1 rings (SSSR count). The minimum atomic E-state index is -4.32. The molecule has 8 nitrogen and oxygen atoms in total. The second-order valence-corrected chi connectivity index (χ2v) is 9.16. The number of alkyl halides is 1. The molecular weight excluding hydrogens is 391 g/mol. The van der Waals surface area contributed by atoms with E-state index in [-0.39, 0.29) is 14.6 Å². The van der Waals surface area contributed by atoms with Crippen molar-refractivity contribution in [1.82, 2.24) is 8.83 Å². The summed E-state index contributed by atoms with van der Waals surface area (Å²) >= 11 is 11.4. The Morgan fingerprint density at radius 3 is 1.91 bits per heavy atom. The van der Waals surface area contributed by atoms with E-state index >= 15 is 0 Å². The average Bonchev–Trinajstić information content (AvgIpc) is 2.35. The first-order chi connectivity index (χ1) is 10.3. The smallest absolute Gasteiger partial charge is 0.409 e. The van der Waals surface area contributed by atoms with Crippen molar-refractivity contribution < 1.29 is 26.4 Å². The summed E-state index contributed by atoms with van der Waals surface area (Å²) in [7, 11) is -8.49. The van der Waals surface area contributed by atoms with Crippen molar-refractivity contribution >= 4 is 49.3 Å². The lowest BCUT2D eigenvalue weighted by Crippen LogP contribution is -2.55. The summed E-state index contributed by atoms with van der Waals surface area (Å²) in [5, 5.41) is 0.372. The van der Waals surface area contributed by atoms with Crippen molar-refractivity contribution in [3.8, 4) is 5.75 Å². The number of rotatable bonds is 5. The molecule has 1 unspecified atom stereocenters. The van der Waals surface area contributed by atoms with Crippen LogP contribution in [0.2, 0.25) is 5.02 Å². The predicted molar refractivity (Wildman–Crippen MR) is 86.2 cm³/mol. The summed E-state index contributed by atoms with van der Waals surface area (Å²) < 4.78 is 52.3. The zero-order valence-electron chi connectivity index (χ0n) is 12.3. The van der Waals surface area contributed by atoms with Crippen LogP contribution in [-0.4, -0.2) is 49.8 Å². The number of ether oxygens (including phenoxy) is 1. The summed E-state index contributed by atoms with van der Waals surface area (Å²) in [6, 6.07) is 5.45. The maximum atomic E-state index is 12.2. The van der Waals surface area contributed by atoms with Gasteiger partial charge in [-0.1, -0.05) is 16.0 Å². The summed E-state index contributed by atoms with van der Waals surface area (Å²) in [5.41, 5.74) is -1.35. The zero-order chi connectivity index (χ0) is 18.0. The molecule has 0 saturated heterocycles. The van der Waals surface area contributed by atoms with Crippen molar-refractivity contribution in [2.75, 3.05) is 12.5 Å². The van der Waals surface area contributed by atoms with Crippen LogP contribution in [0, 0.1) is 0 Å². The second kappa shape index (κ2) is 7.22. The Bertz CT molecular complexity index is 777. The highest BCUT2D eigenvalue weighted by molar-refractivity contribution is 7.91. The number of carbonyl (C=O) groups is 1. The van der Waals surface area contributed by atoms with Gasteiger partial charge in [-0.25, -0.2) is 21.6 Å². The molecule has 0 aliphatic heterocycles. The molecule has 0 aliphatic carbocycles. The molecule has 1 amide bonds. The molecule has 12 heteroatoms. The van der Waals surface area contributed by atoms with E-state index in [2.05, 4.69) is 0 Å². The van der Waals surface area contributed by atoms with Crippen molar-refractivity contribution in [2.24, 2.45) is 0 Å². The van der Waals surface area contributed by atoms with Gasteiger partial charge < -0.3 is 4.74 Å². The molecule has 23 heavy (non-hydrogen) atoms. The third-order valence-electron chi connectivity index (χ3n) is 2.31. The molecule has 0 spiro atoms. The van der Waals surface area contributed by atoms with Crippen LogP contribution >= 0.6 is 23.2 Å². The largest absolute Gasteiger partial charge is 0.445 e. The van der Waals surface area contributed by atoms with Gasteiger partial charge in [0.15, 0.2) is 0 Å². The highest BCUT2D eigenvalue weighted by Crippen LogP contribution is 2.21. The fourth-order valence-electron chi connectivity index (χ4n) is 1.55. The minimum Gasteiger partial charge on any atom is -0.409 e. The van der Waals surface area contributed by atoms with Crippen LogP contribution < -0.4 is 4.74 Å². The van der Waals surface area contributed by atoms with Gasteiger partial charge in [0.25, 0.3) is 10.0 Å². The maximum Gasteiger partial charge on any atom is 0.445 e. The van der Waals surface area contributed by atoms with Gasteiger partial charge in [0, 0.05) is 5.02 Å². The summed E-state index contributed by atoms with van der Waals surface area (Å²) in [6.07, 6.45) is -0.0968. The number of nitrogens with zero attached hydrogens (tertiary/aromatic N) is 2. The number of halogens is 2. The molecule has 0 aliphatic rings. The van der Waals surface area contributed by atoms with Gasteiger partial charge in [0.05, 0.1) is 12.5 Å². The molecule has 0 heterocycles. The normalized spacial score (nSPS) is 13.7. The first-order valence-corrected chi connectivity index (χ1v) is 10.5. The van der Waals surface area contributed by atoms with Gasteiger partial charge in [0.2, 0.25) is 10.0 Å². The lowest BCUT2D eigenvalue weighted by molar-refractivity contribution is 0.118. The van der Waals surface area contributed by atoms with E-state index < -0.39 is 31.6 Å². The third kappa shape index (κ3) is 5.50. The lowest BCUT2D eigenvalue weighted by Gasteiger charge is -2.31. The van der Waals surface area contributed by atoms with E-state index in [4.69, 9.17) is 27.9 Å². The van der Waals surface area contributed by atoms with Gasteiger partial charge in [-0.3, -0.25) is 0 Å². The fourth-order valence-corrected chi connectivity index (χ4v) is 4.58.